The Morgan fingerprint density at radius 1 is 1.00 bits per heavy atom. The lowest BCUT2D eigenvalue weighted by Crippen LogP contribution is -2.43. The molecular formula is C18H20ClN3O2. The first-order valence-corrected chi connectivity index (χ1v) is 8.26. The smallest absolute Gasteiger partial charge is 0.128 e. The molecular weight excluding hydrogens is 326 g/mol. The van der Waals surface area contributed by atoms with Gasteiger partial charge in [-0.3, -0.25) is 9.91 Å². The van der Waals surface area contributed by atoms with Crippen molar-refractivity contribution < 1.29 is 10.2 Å². The highest BCUT2D eigenvalue weighted by Crippen LogP contribution is 2.21. The zero-order valence-electron chi connectivity index (χ0n) is 13.3. The molecule has 1 aliphatic heterocycles. The predicted octanol–water partition coefficient (Wildman–Crippen LogP) is 2.90. The number of aromatic hydroxyl groups is 2. The summed E-state index contributed by atoms with van der Waals surface area (Å²) in [7, 11) is 0. The summed E-state index contributed by atoms with van der Waals surface area (Å²) in [4.78, 5) is 2.38. The standard InChI is InChI=1S/C18H20ClN3O2/c19-16-4-1-14(2-5-16)13-21-7-9-22(10-8-21)20-12-15-3-6-17(23)11-18(15)24/h1-6,11-12,23-24H,7-10,13H2/b20-12-. The molecule has 0 spiro atoms. The predicted molar refractivity (Wildman–Crippen MR) is 95.7 cm³/mol. The minimum absolute atomic E-state index is 0.0279. The van der Waals surface area contributed by atoms with Crippen molar-refractivity contribution in [3.63, 3.8) is 0 Å². The first kappa shape index (κ1) is 16.6. The Labute approximate surface area is 146 Å². The minimum atomic E-state index is 0.0279. The Balaban J connectivity index is 1.51. The molecule has 1 fully saturated rings. The van der Waals surface area contributed by atoms with Gasteiger partial charge in [-0.15, -0.1) is 0 Å². The number of hydrogen-bond acceptors (Lipinski definition) is 5. The third-order valence-corrected chi connectivity index (χ3v) is 4.29. The second-order valence-corrected chi connectivity index (χ2v) is 6.28. The largest absolute Gasteiger partial charge is 0.508 e. The van der Waals surface area contributed by atoms with Crippen molar-refractivity contribution in [1.82, 2.24) is 9.91 Å². The van der Waals surface area contributed by atoms with Crippen molar-refractivity contribution in [3.8, 4) is 11.5 Å². The maximum atomic E-state index is 9.76. The molecule has 0 unspecified atom stereocenters. The second-order valence-electron chi connectivity index (χ2n) is 5.84. The Hall–Kier alpha value is -2.24. The minimum Gasteiger partial charge on any atom is -0.508 e. The van der Waals surface area contributed by atoms with E-state index < -0.39 is 0 Å². The SMILES string of the molecule is Oc1ccc(/C=N\N2CCN(Cc3ccc(Cl)cc3)CC2)c(O)c1. The van der Waals surface area contributed by atoms with Crippen LogP contribution in [0.15, 0.2) is 47.6 Å². The third-order valence-electron chi connectivity index (χ3n) is 4.04. The maximum absolute atomic E-state index is 9.76. The first-order valence-electron chi connectivity index (χ1n) is 7.88. The highest BCUT2D eigenvalue weighted by atomic mass is 35.5. The third kappa shape index (κ3) is 4.40. The summed E-state index contributed by atoms with van der Waals surface area (Å²) >= 11 is 5.91. The fourth-order valence-electron chi connectivity index (χ4n) is 2.64. The van der Waals surface area contributed by atoms with Gasteiger partial charge in [0.2, 0.25) is 0 Å². The van der Waals surface area contributed by atoms with Crippen molar-refractivity contribution in [2.24, 2.45) is 5.10 Å². The Morgan fingerprint density at radius 3 is 2.38 bits per heavy atom. The van der Waals surface area contributed by atoms with Gasteiger partial charge in [-0.1, -0.05) is 23.7 Å². The zero-order chi connectivity index (χ0) is 16.9. The number of halogens is 1. The zero-order valence-corrected chi connectivity index (χ0v) is 14.0. The molecule has 0 atom stereocenters. The van der Waals surface area contributed by atoms with Crippen LogP contribution < -0.4 is 0 Å². The molecule has 24 heavy (non-hydrogen) atoms. The van der Waals surface area contributed by atoms with E-state index in [1.54, 1.807) is 12.3 Å². The van der Waals surface area contributed by atoms with E-state index in [1.807, 2.05) is 17.1 Å². The monoisotopic (exact) mass is 345 g/mol. The summed E-state index contributed by atoms with van der Waals surface area (Å²) in [6, 6.07) is 12.4. The molecule has 2 aromatic carbocycles. The van der Waals surface area contributed by atoms with Crippen LogP contribution in [-0.2, 0) is 6.54 Å². The van der Waals surface area contributed by atoms with Gasteiger partial charge in [0.05, 0.1) is 6.21 Å². The Kier molecular flexibility index (Phi) is 5.23. The Morgan fingerprint density at radius 2 is 1.71 bits per heavy atom. The van der Waals surface area contributed by atoms with Crippen molar-refractivity contribution >= 4 is 17.8 Å². The molecule has 1 aliphatic rings. The van der Waals surface area contributed by atoms with Crippen LogP contribution in [0, 0.1) is 0 Å². The molecule has 0 aromatic heterocycles. The van der Waals surface area contributed by atoms with E-state index in [4.69, 9.17) is 11.6 Å². The summed E-state index contributed by atoms with van der Waals surface area (Å²) in [5.74, 6) is 0.0700. The van der Waals surface area contributed by atoms with Gasteiger partial charge in [0.15, 0.2) is 0 Å². The average molecular weight is 346 g/mol. The van der Waals surface area contributed by atoms with Gasteiger partial charge < -0.3 is 10.2 Å². The number of benzene rings is 2. The fraction of sp³-hybridized carbons (Fsp3) is 0.278. The van der Waals surface area contributed by atoms with Crippen LogP contribution in [0.4, 0.5) is 0 Å². The molecule has 2 N–H and O–H groups in total. The molecule has 2 aromatic rings. The lowest BCUT2D eigenvalue weighted by molar-refractivity contribution is 0.131. The van der Waals surface area contributed by atoms with E-state index in [9.17, 15) is 10.2 Å². The number of piperazine rings is 1. The highest BCUT2D eigenvalue weighted by molar-refractivity contribution is 6.30. The number of nitrogens with zero attached hydrogens (tertiary/aromatic N) is 3. The molecule has 126 valence electrons. The van der Waals surface area contributed by atoms with Crippen molar-refractivity contribution in [3.05, 3.63) is 58.6 Å². The van der Waals surface area contributed by atoms with Gasteiger partial charge >= 0.3 is 0 Å². The summed E-state index contributed by atoms with van der Waals surface area (Å²) in [6.07, 6.45) is 1.63. The lowest BCUT2D eigenvalue weighted by Gasteiger charge is -2.33. The summed E-state index contributed by atoms with van der Waals surface area (Å²) in [5.41, 5.74) is 1.85. The number of hydrazone groups is 1. The van der Waals surface area contributed by atoms with Gasteiger partial charge in [0, 0.05) is 49.4 Å². The van der Waals surface area contributed by atoms with Gasteiger partial charge in [0.1, 0.15) is 11.5 Å². The Bertz CT molecular complexity index is 711. The molecule has 6 heteroatoms. The number of phenols is 2. The summed E-state index contributed by atoms with van der Waals surface area (Å²) < 4.78 is 0. The number of hydrogen-bond donors (Lipinski definition) is 2. The van der Waals surface area contributed by atoms with Crippen molar-refractivity contribution in [1.29, 1.82) is 0 Å². The quantitative estimate of drug-likeness (QED) is 0.836. The molecule has 1 saturated heterocycles. The average Bonchev–Trinajstić information content (AvgIpc) is 2.57. The molecule has 0 amide bonds. The van der Waals surface area contributed by atoms with Crippen LogP contribution in [0.2, 0.25) is 5.02 Å². The molecule has 0 aliphatic carbocycles. The molecule has 0 saturated carbocycles. The molecule has 5 nitrogen and oxygen atoms in total. The van der Waals surface area contributed by atoms with Crippen molar-refractivity contribution in [2.75, 3.05) is 26.2 Å². The van der Waals surface area contributed by atoms with E-state index in [0.717, 1.165) is 37.7 Å². The highest BCUT2D eigenvalue weighted by Gasteiger charge is 2.15. The van der Waals surface area contributed by atoms with E-state index in [0.29, 0.717) is 5.56 Å². The van der Waals surface area contributed by atoms with Gasteiger partial charge in [-0.05, 0) is 29.8 Å². The normalized spacial score (nSPS) is 16.0. The fourth-order valence-corrected chi connectivity index (χ4v) is 2.77. The number of phenolic OH excluding ortho intramolecular Hbond substituents is 2. The van der Waals surface area contributed by atoms with Crippen LogP contribution in [-0.4, -0.2) is 52.5 Å². The van der Waals surface area contributed by atoms with Crippen LogP contribution >= 0.6 is 11.6 Å². The topological polar surface area (TPSA) is 59.3 Å². The van der Waals surface area contributed by atoms with Gasteiger partial charge in [-0.2, -0.15) is 5.10 Å². The van der Waals surface area contributed by atoms with Gasteiger partial charge in [0.25, 0.3) is 0 Å². The van der Waals surface area contributed by atoms with Crippen LogP contribution in [0.3, 0.4) is 0 Å². The molecule has 3 rings (SSSR count). The number of rotatable bonds is 4. The van der Waals surface area contributed by atoms with Crippen LogP contribution in [0.1, 0.15) is 11.1 Å². The van der Waals surface area contributed by atoms with Crippen molar-refractivity contribution in [2.45, 2.75) is 6.54 Å². The summed E-state index contributed by atoms with van der Waals surface area (Å²) in [6.45, 7) is 4.45. The van der Waals surface area contributed by atoms with E-state index in [2.05, 4.69) is 22.1 Å². The van der Waals surface area contributed by atoms with E-state index in [1.165, 1.54) is 17.7 Å². The van der Waals surface area contributed by atoms with Crippen LogP contribution in [0.25, 0.3) is 0 Å². The van der Waals surface area contributed by atoms with Crippen LogP contribution in [0.5, 0.6) is 11.5 Å². The first-order chi connectivity index (χ1) is 11.6. The van der Waals surface area contributed by atoms with E-state index >= 15 is 0 Å². The molecule has 0 radical (unpaired) electrons. The second kappa shape index (κ2) is 7.55. The molecule has 0 bridgehead atoms. The van der Waals surface area contributed by atoms with Gasteiger partial charge in [-0.25, -0.2) is 0 Å². The van der Waals surface area contributed by atoms with E-state index in [-0.39, 0.29) is 11.5 Å². The molecule has 1 heterocycles. The maximum Gasteiger partial charge on any atom is 0.128 e. The summed E-state index contributed by atoms with van der Waals surface area (Å²) in [5, 5.41) is 26.2. The lowest BCUT2D eigenvalue weighted by atomic mass is 10.2.